The van der Waals surface area contributed by atoms with Gasteiger partial charge in [-0.3, -0.25) is 4.90 Å². The molecule has 1 aliphatic heterocycles. The van der Waals surface area contributed by atoms with Crippen LogP contribution in [-0.4, -0.2) is 18.0 Å². The Bertz CT molecular complexity index is 268. The highest BCUT2D eigenvalue weighted by molar-refractivity contribution is 5.14. The number of rotatable bonds is 2. The first-order chi connectivity index (χ1) is 6.84. The zero-order chi connectivity index (χ0) is 9.80. The summed E-state index contributed by atoms with van der Waals surface area (Å²) in [7, 11) is 0. The molecule has 0 saturated carbocycles. The fourth-order valence-corrected chi connectivity index (χ4v) is 2.14. The van der Waals surface area contributed by atoms with Gasteiger partial charge >= 0.3 is 0 Å². The number of hydrogen-bond acceptors (Lipinski definition) is 1. The van der Waals surface area contributed by atoms with Crippen LogP contribution in [0, 0.1) is 12.8 Å². The number of nitrogens with zero attached hydrogens (tertiary/aromatic N) is 1. The minimum absolute atomic E-state index is 0.632. The molecule has 2 rings (SSSR count). The summed E-state index contributed by atoms with van der Waals surface area (Å²) in [5.41, 5.74) is 1.42. The molecular weight excluding hydrogens is 170 g/mol. The molecule has 0 aromatic heterocycles. The minimum atomic E-state index is 0.632. The van der Waals surface area contributed by atoms with Crippen LogP contribution >= 0.6 is 0 Å². The van der Waals surface area contributed by atoms with Gasteiger partial charge in [-0.2, -0.15) is 0 Å². The Balaban J connectivity index is 1.91. The molecule has 1 radical (unpaired) electrons. The maximum Gasteiger partial charge on any atom is 0.0233 e. The Morgan fingerprint density at radius 2 is 2.07 bits per heavy atom. The first-order valence-corrected chi connectivity index (χ1v) is 5.44. The second-order valence-corrected chi connectivity index (χ2v) is 4.23. The van der Waals surface area contributed by atoms with Gasteiger partial charge in [-0.25, -0.2) is 0 Å². The van der Waals surface area contributed by atoms with Crippen LogP contribution in [0.3, 0.4) is 0 Å². The van der Waals surface area contributed by atoms with Crippen molar-refractivity contribution >= 4 is 0 Å². The smallest absolute Gasteiger partial charge is 0.0233 e. The van der Waals surface area contributed by atoms with Crippen molar-refractivity contribution in [2.75, 3.05) is 13.1 Å². The average molecular weight is 188 g/mol. The Kier molecular flexibility index (Phi) is 3.20. The van der Waals surface area contributed by atoms with Crippen molar-refractivity contribution in [3.05, 3.63) is 42.8 Å². The summed E-state index contributed by atoms with van der Waals surface area (Å²) in [6.07, 6.45) is 2.60. The first kappa shape index (κ1) is 9.72. The number of likely N-dealkylation sites (tertiary alicyclic amines) is 1. The zero-order valence-corrected chi connectivity index (χ0v) is 8.65. The topological polar surface area (TPSA) is 3.24 Å². The van der Waals surface area contributed by atoms with Gasteiger partial charge in [0, 0.05) is 13.1 Å². The lowest BCUT2D eigenvalue weighted by Crippen LogP contribution is -2.33. The van der Waals surface area contributed by atoms with Crippen molar-refractivity contribution in [2.45, 2.75) is 19.4 Å². The van der Waals surface area contributed by atoms with E-state index < -0.39 is 0 Å². The van der Waals surface area contributed by atoms with Gasteiger partial charge in [-0.1, -0.05) is 30.3 Å². The van der Waals surface area contributed by atoms with Gasteiger partial charge in [0.2, 0.25) is 0 Å². The number of piperidine rings is 1. The summed E-state index contributed by atoms with van der Waals surface area (Å²) in [6.45, 7) is 7.64. The van der Waals surface area contributed by atoms with E-state index in [-0.39, 0.29) is 0 Å². The monoisotopic (exact) mass is 188 g/mol. The lowest BCUT2D eigenvalue weighted by Gasteiger charge is -2.30. The molecule has 0 aliphatic carbocycles. The van der Waals surface area contributed by atoms with E-state index in [9.17, 15) is 0 Å². The molecule has 0 unspecified atom stereocenters. The quantitative estimate of drug-likeness (QED) is 0.689. The highest BCUT2D eigenvalue weighted by Gasteiger charge is 2.15. The predicted molar refractivity (Wildman–Crippen MR) is 59.8 cm³/mol. The molecule has 1 aromatic carbocycles. The predicted octanol–water partition coefficient (Wildman–Crippen LogP) is 2.73. The minimum Gasteiger partial charge on any atom is -0.299 e. The van der Waals surface area contributed by atoms with Crippen LogP contribution in [0.2, 0.25) is 0 Å². The summed E-state index contributed by atoms with van der Waals surface area (Å²) >= 11 is 0. The molecule has 1 heteroatoms. The standard InChI is InChI=1S/C13H18N/c1-12-6-5-9-14(10-12)11-13-7-3-2-4-8-13/h2-4,7-8,12H,1,5-6,9-11H2/t12-/m0/s1. The highest BCUT2D eigenvalue weighted by Crippen LogP contribution is 2.17. The third-order valence-corrected chi connectivity index (χ3v) is 2.85. The molecular formula is C13H18N. The fraction of sp³-hybridized carbons (Fsp3) is 0.462. The Morgan fingerprint density at radius 1 is 1.29 bits per heavy atom. The van der Waals surface area contributed by atoms with Crippen molar-refractivity contribution < 1.29 is 0 Å². The van der Waals surface area contributed by atoms with Gasteiger partial charge in [0.25, 0.3) is 0 Å². The molecule has 1 atom stereocenters. The lowest BCUT2D eigenvalue weighted by molar-refractivity contribution is 0.188. The van der Waals surface area contributed by atoms with Gasteiger partial charge in [0.15, 0.2) is 0 Å². The largest absolute Gasteiger partial charge is 0.299 e. The van der Waals surface area contributed by atoms with E-state index in [0.717, 1.165) is 13.1 Å². The summed E-state index contributed by atoms with van der Waals surface area (Å²) in [6, 6.07) is 10.7. The molecule has 1 heterocycles. The molecule has 0 amide bonds. The Morgan fingerprint density at radius 3 is 2.79 bits per heavy atom. The third-order valence-electron chi connectivity index (χ3n) is 2.85. The Labute approximate surface area is 86.7 Å². The normalized spacial score (nSPS) is 23.6. The second kappa shape index (κ2) is 4.61. The van der Waals surface area contributed by atoms with Crippen molar-refractivity contribution in [3.63, 3.8) is 0 Å². The molecule has 14 heavy (non-hydrogen) atoms. The van der Waals surface area contributed by atoms with Crippen LogP contribution in [-0.2, 0) is 6.54 Å². The van der Waals surface area contributed by atoms with E-state index in [2.05, 4.69) is 42.2 Å². The average Bonchev–Trinajstić information content (AvgIpc) is 2.19. The van der Waals surface area contributed by atoms with E-state index in [1.54, 1.807) is 0 Å². The number of hydrogen-bond donors (Lipinski definition) is 0. The van der Waals surface area contributed by atoms with Crippen LogP contribution in [0.15, 0.2) is 30.3 Å². The third kappa shape index (κ3) is 2.58. The van der Waals surface area contributed by atoms with E-state index in [1.165, 1.54) is 24.9 Å². The second-order valence-electron chi connectivity index (χ2n) is 4.23. The fourth-order valence-electron chi connectivity index (χ4n) is 2.14. The molecule has 1 saturated heterocycles. The van der Waals surface area contributed by atoms with Crippen molar-refractivity contribution in [3.8, 4) is 0 Å². The van der Waals surface area contributed by atoms with Gasteiger partial charge in [-0.15, -0.1) is 0 Å². The van der Waals surface area contributed by atoms with Gasteiger partial charge in [-0.05, 0) is 37.8 Å². The van der Waals surface area contributed by atoms with Crippen LogP contribution < -0.4 is 0 Å². The van der Waals surface area contributed by atoms with Gasteiger partial charge in [0.05, 0.1) is 0 Å². The molecule has 1 aromatic rings. The van der Waals surface area contributed by atoms with Crippen LogP contribution in [0.5, 0.6) is 0 Å². The van der Waals surface area contributed by atoms with Gasteiger partial charge in [0.1, 0.15) is 0 Å². The van der Waals surface area contributed by atoms with Crippen molar-refractivity contribution in [2.24, 2.45) is 5.92 Å². The van der Waals surface area contributed by atoms with Crippen molar-refractivity contribution in [1.82, 2.24) is 4.90 Å². The zero-order valence-electron chi connectivity index (χ0n) is 8.65. The van der Waals surface area contributed by atoms with E-state index >= 15 is 0 Å². The highest BCUT2D eigenvalue weighted by atomic mass is 15.1. The molecule has 75 valence electrons. The van der Waals surface area contributed by atoms with E-state index in [0.29, 0.717) is 5.92 Å². The van der Waals surface area contributed by atoms with E-state index in [4.69, 9.17) is 0 Å². The maximum atomic E-state index is 4.15. The van der Waals surface area contributed by atoms with Crippen LogP contribution in [0.4, 0.5) is 0 Å². The maximum absolute atomic E-state index is 4.15. The first-order valence-electron chi connectivity index (χ1n) is 5.44. The SMILES string of the molecule is [CH2][C@H]1CCCN(Cc2ccccc2)C1. The van der Waals surface area contributed by atoms with Gasteiger partial charge < -0.3 is 0 Å². The van der Waals surface area contributed by atoms with E-state index in [1.807, 2.05) is 0 Å². The summed E-state index contributed by atoms with van der Waals surface area (Å²) in [4.78, 5) is 2.51. The molecule has 1 aliphatic rings. The summed E-state index contributed by atoms with van der Waals surface area (Å²) in [5.74, 6) is 0.632. The molecule has 0 spiro atoms. The molecule has 0 N–H and O–H groups in total. The van der Waals surface area contributed by atoms with Crippen LogP contribution in [0.1, 0.15) is 18.4 Å². The molecule has 1 nitrogen and oxygen atoms in total. The molecule has 0 bridgehead atoms. The molecule has 1 fully saturated rings. The Hall–Kier alpha value is -0.820. The van der Waals surface area contributed by atoms with Crippen LogP contribution in [0.25, 0.3) is 0 Å². The van der Waals surface area contributed by atoms with Crippen molar-refractivity contribution in [1.29, 1.82) is 0 Å². The summed E-state index contributed by atoms with van der Waals surface area (Å²) in [5, 5.41) is 0. The number of benzene rings is 1. The lowest BCUT2D eigenvalue weighted by atomic mass is 10.00. The summed E-state index contributed by atoms with van der Waals surface area (Å²) < 4.78 is 0.